The van der Waals surface area contributed by atoms with Gasteiger partial charge in [0.05, 0.1) is 6.61 Å². The number of nitrogens with zero attached hydrogens (tertiary/aromatic N) is 2. The van der Waals surface area contributed by atoms with E-state index in [-0.39, 0.29) is 17.6 Å². The van der Waals surface area contributed by atoms with Crippen LogP contribution in [0.25, 0.3) is 0 Å². The average molecular weight is 287 g/mol. The fourth-order valence-corrected chi connectivity index (χ4v) is 3.42. The smallest absolute Gasteiger partial charge is 0.392 e. The molecule has 1 aromatic heterocycles. The summed E-state index contributed by atoms with van der Waals surface area (Å²) in [5, 5.41) is 12.0. The SMILES string of the molecule is OCc1cnc(N[C@@H]2C[C@@H]3CC[C@H]2C3)nc1C(F)(F)F. The molecule has 2 aliphatic rings. The van der Waals surface area contributed by atoms with Crippen LogP contribution in [-0.4, -0.2) is 21.1 Å². The molecule has 0 aromatic carbocycles. The van der Waals surface area contributed by atoms with E-state index in [0.29, 0.717) is 11.8 Å². The van der Waals surface area contributed by atoms with Gasteiger partial charge in [-0.1, -0.05) is 6.42 Å². The third-order valence-corrected chi connectivity index (χ3v) is 4.36. The number of nitrogens with one attached hydrogen (secondary N) is 1. The highest BCUT2D eigenvalue weighted by atomic mass is 19.4. The van der Waals surface area contributed by atoms with Crippen molar-refractivity contribution < 1.29 is 18.3 Å². The number of rotatable bonds is 3. The molecule has 3 atom stereocenters. The van der Waals surface area contributed by atoms with Gasteiger partial charge in [0.2, 0.25) is 5.95 Å². The third-order valence-electron chi connectivity index (χ3n) is 4.36. The molecule has 7 heteroatoms. The zero-order valence-electron chi connectivity index (χ0n) is 10.8. The quantitative estimate of drug-likeness (QED) is 0.897. The van der Waals surface area contributed by atoms with Gasteiger partial charge in [0.25, 0.3) is 0 Å². The van der Waals surface area contributed by atoms with Gasteiger partial charge < -0.3 is 10.4 Å². The van der Waals surface area contributed by atoms with Gasteiger partial charge in [0.15, 0.2) is 5.69 Å². The molecule has 2 N–H and O–H groups in total. The third kappa shape index (κ3) is 2.46. The Hall–Kier alpha value is -1.37. The molecule has 2 bridgehead atoms. The molecule has 0 radical (unpaired) electrons. The van der Waals surface area contributed by atoms with Crippen molar-refractivity contribution in [2.45, 2.75) is 44.5 Å². The predicted molar refractivity (Wildman–Crippen MR) is 65.8 cm³/mol. The highest BCUT2D eigenvalue weighted by Gasteiger charge is 2.40. The lowest BCUT2D eigenvalue weighted by atomic mass is 9.95. The Kier molecular flexibility index (Phi) is 3.32. The van der Waals surface area contributed by atoms with Crippen molar-refractivity contribution in [3.8, 4) is 0 Å². The van der Waals surface area contributed by atoms with Crippen LogP contribution >= 0.6 is 0 Å². The highest BCUT2D eigenvalue weighted by molar-refractivity contribution is 5.32. The normalized spacial score (nSPS) is 28.9. The lowest BCUT2D eigenvalue weighted by Gasteiger charge is -2.23. The summed E-state index contributed by atoms with van der Waals surface area (Å²) in [6.45, 7) is -0.719. The van der Waals surface area contributed by atoms with Crippen LogP contribution in [-0.2, 0) is 12.8 Å². The Morgan fingerprint density at radius 3 is 2.65 bits per heavy atom. The van der Waals surface area contributed by atoms with Crippen molar-refractivity contribution in [2.75, 3.05) is 5.32 Å². The van der Waals surface area contributed by atoms with Gasteiger partial charge >= 0.3 is 6.18 Å². The van der Waals surface area contributed by atoms with Crippen LogP contribution in [0.2, 0.25) is 0 Å². The van der Waals surface area contributed by atoms with E-state index < -0.39 is 18.5 Å². The molecule has 2 saturated carbocycles. The standard InChI is InChI=1S/C13H16F3N3O/c14-13(15,16)11-9(6-20)5-17-12(19-11)18-10-4-7-1-2-8(10)3-7/h5,7-8,10,20H,1-4,6H2,(H,17,18,19)/t7-,8+,10-/m1/s1. The molecule has 110 valence electrons. The van der Waals surface area contributed by atoms with Crippen LogP contribution in [0.4, 0.5) is 19.1 Å². The van der Waals surface area contributed by atoms with Crippen molar-refractivity contribution in [2.24, 2.45) is 11.8 Å². The zero-order valence-corrected chi connectivity index (χ0v) is 10.8. The minimum Gasteiger partial charge on any atom is -0.392 e. The Balaban J connectivity index is 1.80. The van der Waals surface area contributed by atoms with E-state index in [1.807, 2.05) is 0 Å². The summed E-state index contributed by atoms with van der Waals surface area (Å²) in [7, 11) is 0. The van der Waals surface area contributed by atoms with Gasteiger partial charge in [-0.25, -0.2) is 9.97 Å². The summed E-state index contributed by atoms with van der Waals surface area (Å²) in [6.07, 6.45) is 0.956. The monoisotopic (exact) mass is 287 g/mol. The lowest BCUT2D eigenvalue weighted by Crippen LogP contribution is -2.27. The molecule has 1 heterocycles. The predicted octanol–water partition coefficient (Wildman–Crippen LogP) is 2.59. The molecule has 2 aliphatic carbocycles. The number of aliphatic hydroxyl groups excluding tert-OH is 1. The summed E-state index contributed by atoms with van der Waals surface area (Å²) in [6, 6.07) is 0.176. The fraction of sp³-hybridized carbons (Fsp3) is 0.692. The maximum absolute atomic E-state index is 12.8. The molecule has 0 aliphatic heterocycles. The highest BCUT2D eigenvalue weighted by Crippen LogP contribution is 2.45. The molecule has 0 unspecified atom stereocenters. The van der Waals surface area contributed by atoms with Crippen LogP contribution in [0.15, 0.2) is 6.20 Å². The van der Waals surface area contributed by atoms with Crippen LogP contribution in [0.1, 0.15) is 36.9 Å². The second kappa shape index (κ2) is 4.87. The number of fused-ring (bicyclic) bond motifs is 2. The van der Waals surface area contributed by atoms with Crippen molar-refractivity contribution in [1.82, 2.24) is 9.97 Å². The van der Waals surface area contributed by atoms with Crippen molar-refractivity contribution in [3.63, 3.8) is 0 Å². The summed E-state index contributed by atoms with van der Waals surface area (Å²) in [5.74, 6) is 1.22. The Bertz CT molecular complexity index is 506. The summed E-state index contributed by atoms with van der Waals surface area (Å²) in [4.78, 5) is 7.44. The molecule has 0 amide bonds. The second-order valence-corrected chi connectivity index (χ2v) is 5.65. The number of aromatic nitrogens is 2. The van der Waals surface area contributed by atoms with E-state index in [4.69, 9.17) is 5.11 Å². The van der Waals surface area contributed by atoms with Gasteiger partial charge in [0, 0.05) is 17.8 Å². The number of hydrogen-bond donors (Lipinski definition) is 2. The number of aliphatic hydroxyl groups is 1. The minimum absolute atomic E-state index is 0.00655. The first-order chi connectivity index (χ1) is 9.47. The van der Waals surface area contributed by atoms with Crippen molar-refractivity contribution in [3.05, 3.63) is 17.5 Å². The zero-order chi connectivity index (χ0) is 14.3. The van der Waals surface area contributed by atoms with Crippen molar-refractivity contribution in [1.29, 1.82) is 0 Å². The lowest BCUT2D eigenvalue weighted by molar-refractivity contribution is -0.142. The molecule has 0 spiro atoms. The molecule has 20 heavy (non-hydrogen) atoms. The topological polar surface area (TPSA) is 58.0 Å². The van der Waals surface area contributed by atoms with E-state index in [1.54, 1.807) is 0 Å². The van der Waals surface area contributed by atoms with Crippen molar-refractivity contribution >= 4 is 5.95 Å². The molecule has 0 saturated heterocycles. The maximum atomic E-state index is 12.8. The van der Waals surface area contributed by atoms with E-state index in [0.717, 1.165) is 25.5 Å². The minimum atomic E-state index is -4.58. The number of halogens is 3. The first kappa shape index (κ1) is 13.6. The number of anilines is 1. The molecule has 2 fully saturated rings. The molecular weight excluding hydrogens is 271 g/mol. The van der Waals surface area contributed by atoms with E-state index >= 15 is 0 Å². The Morgan fingerprint density at radius 2 is 2.10 bits per heavy atom. The van der Waals surface area contributed by atoms with Gasteiger partial charge in [-0.2, -0.15) is 13.2 Å². The van der Waals surface area contributed by atoms with Crippen LogP contribution in [0.5, 0.6) is 0 Å². The summed E-state index contributed by atoms with van der Waals surface area (Å²) < 4.78 is 38.5. The Labute approximate surface area is 114 Å². The second-order valence-electron chi connectivity index (χ2n) is 5.65. The average Bonchev–Trinajstić information content (AvgIpc) is 3.00. The molecule has 3 rings (SSSR count). The summed E-state index contributed by atoms with van der Waals surface area (Å²) >= 11 is 0. The van der Waals surface area contributed by atoms with Crippen LogP contribution in [0.3, 0.4) is 0 Å². The first-order valence-electron chi connectivity index (χ1n) is 6.78. The molecular formula is C13H16F3N3O. The van der Waals surface area contributed by atoms with E-state index in [9.17, 15) is 13.2 Å². The molecule has 1 aromatic rings. The maximum Gasteiger partial charge on any atom is 0.433 e. The van der Waals surface area contributed by atoms with Gasteiger partial charge in [0.1, 0.15) is 0 Å². The number of alkyl halides is 3. The van der Waals surface area contributed by atoms with E-state index in [2.05, 4.69) is 15.3 Å². The molecule has 4 nitrogen and oxygen atoms in total. The van der Waals surface area contributed by atoms with Gasteiger partial charge in [-0.3, -0.25) is 0 Å². The fourth-order valence-electron chi connectivity index (χ4n) is 3.42. The summed E-state index contributed by atoms with van der Waals surface area (Å²) in [5.41, 5.74) is -1.35. The number of hydrogen-bond acceptors (Lipinski definition) is 4. The largest absolute Gasteiger partial charge is 0.433 e. The van der Waals surface area contributed by atoms with E-state index in [1.165, 1.54) is 6.42 Å². The van der Waals surface area contributed by atoms with Crippen LogP contribution in [0, 0.1) is 11.8 Å². The Morgan fingerprint density at radius 1 is 1.30 bits per heavy atom. The van der Waals surface area contributed by atoms with Crippen LogP contribution < -0.4 is 5.32 Å². The van der Waals surface area contributed by atoms with Gasteiger partial charge in [-0.15, -0.1) is 0 Å². The van der Waals surface area contributed by atoms with Gasteiger partial charge in [-0.05, 0) is 31.1 Å². The first-order valence-corrected chi connectivity index (χ1v) is 6.78.